The Morgan fingerprint density at radius 3 is 2.89 bits per heavy atom. The van der Waals surface area contributed by atoms with Crippen LogP contribution in [-0.2, 0) is 0 Å². The number of nitrogens with one attached hydrogen (secondary N) is 1. The number of allylic oxidation sites excluding steroid dienone is 6. The third-order valence-electron chi connectivity index (χ3n) is 6.52. The average molecular weight is 378 g/mol. The minimum atomic E-state index is 0.702. The van der Waals surface area contributed by atoms with Gasteiger partial charge in [-0.15, -0.1) is 0 Å². The lowest BCUT2D eigenvalue weighted by atomic mass is 9.92. The zero-order valence-corrected chi connectivity index (χ0v) is 16.2. The Labute approximate surface area is 168 Å². The summed E-state index contributed by atoms with van der Waals surface area (Å²) in [7, 11) is 0. The molecule has 0 radical (unpaired) electrons. The molecule has 2 atom stereocenters. The first-order valence-corrected chi connectivity index (χ1v) is 10.9. The SMILES string of the molecule is C1=CC2=C(C=CC1)c1c([nH]c3c4c(ccc13)C=CC1CC41)-c1ccccc1S2. The van der Waals surface area contributed by atoms with Crippen LogP contribution in [0.15, 0.2) is 76.6 Å². The van der Waals surface area contributed by atoms with Crippen molar-refractivity contribution in [2.75, 3.05) is 0 Å². The van der Waals surface area contributed by atoms with E-state index in [2.05, 4.69) is 77.8 Å². The van der Waals surface area contributed by atoms with Crippen LogP contribution in [-0.4, -0.2) is 4.98 Å². The Balaban J connectivity index is 1.63. The van der Waals surface area contributed by atoms with Gasteiger partial charge < -0.3 is 4.98 Å². The van der Waals surface area contributed by atoms with Gasteiger partial charge in [-0.1, -0.05) is 78.5 Å². The minimum absolute atomic E-state index is 0.702. The van der Waals surface area contributed by atoms with E-state index < -0.39 is 0 Å². The number of hydrogen-bond donors (Lipinski definition) is 1. The Kier molecular flexibility index (Phi) is 2.95. The van der Waals surface area contributed by atoms with Gasteiger partial charge in [-0.05, 0) is 47.4 Å². The van der Waals surface area contributed by atoms with E-state index in [9.17, 15) is 0 Å². The maximum atomic E-state index is 3.91. The number of aromatic nitrogens is 1. The highest BCUT2D eigenvalue weighted by molar-refractivity contribution is 8.03. The van der Waals surface area contributed by atoms with Gasteiger partial charge >= 0.3 is 0 Å². The first-order valence-electron chi connectivity index (χ1n) is 10.1. The lowest BCUT2D eigenvalue weighted by Crippen LogP contribution is -1.94. The molecule has 2 aromatic carbocycles. The maximum Gasteiger partial charge on any atom is 0.0556 e. The number of fused-ring (bicyclic) bond motifs is 10. The van der Waals surface area contributed by atoms with Crippen LogP contribution >= 0.6 is 11.8 Å². The van der Waals surface area contributed by atoms with E-state index in [1.165, 1.54) is 55.1 Å². The van der Waals surface area contributed by atoms with E-state index in [4.69, 9.17) is 0 Å². The lowest BCUT2D eigenvalue weighted by molar-refractivity contribution is 1.00. The zero-order valence-electron chi connectivity index (χ0n) is 15.4. The van der Waals surface area contributed by atoms with Gasteiger partial charge in [-0.25, -0.2) is 0 Å². The van der Waals surface area contributed by atoms with Gasteiger partial charge in [-0.3, -0.25) is 0 Å². The third-order valence-corrected chi connectivity index (χ3v) is 7.67. The van der Waals surface area contributed by atoms with E-state index in [1.807, 2.05) is 11.8 Å². The molecule has 2 unspecified atom stereocenters. The summed E-state index contributed by atoms with van der Waals surface area (Å²) in [5.41, 5.74) is 9.63. The Morgan fingerprint density at radius 2 is 1.89 bits per heavy atom. The minimum Gasteiger partial charge on any atom is -0.354 e. The summed E-state index contributed by atoms with van der Waals surface area (Å²) in [5, 5.41) is 1.37. The van der Waals surface area contributed by atoms with Crippen molar-refractivity contribution in [3.8, 4) is 11.3 Å². The van der Waals surface area contributed by atoms with Gasteiger partial charge in [-0.2, -0.15) is 0 Å². The van der Waals surface area contributed by atoms with Crippen LogP contribution in [0.3, 0.4) is 0 Å². The molecule has 1 aliphatic heterocycles. The molecule has 1 aromatic heterocycles. The molecular weight excluding hydrogens is 358 g/mol. The molecule has 0 spiro atoms. The Morgan fingerprint density at radius 1 is 0.964 bits per heavy atom. The van der Waals surface area contributed by atoms with Crippen LogP contribution in [0.25, 0.3) is 33.8 Å². The molecule has 134 valence electrons. The van der Waals surface area contributed by atoms with Crippen LogP contribution in [0.5, 0.6) is 0 Å². The van der Waals surface area contributed by atoms with E-state index in [0.29, 0.717) is 5.92 Å². The summed E-state index contributed by atoms with van der Waals surface area (Å²) in [5.74, 6) is 1.45. The monoisotopic (exact) mass is 377 g/mol. The van der Waals surface area contributed by atoms with Crippen molar-refractivity contribution in [2.24, 2.45) is 5.92 Å². The van der Waals surface area contributed by atoms with E-state index in [0.717, 1.165) is 12.3 Å². The quantitative estimate of drug-likeness (QED) is 0.434. The lowest BCUT2D eigenvalue weighted by Gasteiger charge is -2.12. The van der Waals surface area contributed by atoms with Crippen molar-refractivity contribution in [3.05, 3.63) is 88.4 Å². The summed E-state index contributed by atoms with van der Waals surface area (Å²) in [6.45, 7) is 0. The second-order valence-electron chi connectivity index (χ2n) is 8.15. The van der Waals surface area contributed by atoms with Gasteiger partial charge in [0.25, 0.3) is 0 Å². The van der Waals surface area contributed by atoms with E-state index in [1.54, 1.807) is 5.56 Å². The molecule has 7 rings (SSSR count). The number of benzene rings is 2. The second kappa shape index (κ2) is 5.42. The predicted octanol–water partition coefficient (Wildman–Crippen LogP) is 7.30. The first kappa shape index (κ1) is 15.2. The highest BCUT2D eigenvalue weighted by Gasteiger charge is 2.41. The summed E-state index contributed by atoms with van der Waals surface area (Å²) in [6, 6.07) is 13.5. The number of thioether (sulfide) groups is 1. The molecular formula is C26H19NS. The molecule has 0 bridgehead atoms. The largest absolute Gasteiger partial charge is 0.354 e. The fourth-order valence-corrected chi connectivity index (χ4v) is 6.21. The molecule has 3 aromatic rings. The average Bonchev–Trinajstić information content (AvgIpc) is 3.48. The number of aromatic amines is 1. The molecule has 3 aliphatic carbocycles. The summed E-state index contributed by atoms with van der Waals surface area (Å²) in [6.07, 6.45) is 16.2. The first-order chi connectivity index (χ1) is 13.9. The van der Waals surface area contributed by atoms with Crippen LogP contribution in [0, 0.1) is 5.92 Å². The van der Waals surface area contributed by atoms with Crippen LogP contribution in [0.1, 0.15) is 35.4 Å². The van der Waals surface area contributed by atoms with Crippen molar-refractivity contribution in [1.82, 2.24) is 4.98 Å². The van der Waals surface area contributed by atoms with Gasteiger partial charge in [0.1, 0.15) is 0 Å². The molecule has 0 amide bonds. The second-order valence-corrected chi connectivity index (χ2v) is 9.23. The summed E-state index contributed by atoms with van der Waals surface area (Å²) < 4.78 is 0. The van der Waals surface area contributed by atoms with Crippen molar-refractivity contribution < 1.29 is 0 Å². The predicted molar refractivity (Wildman–Crippen MR) is 119 cm³/mol. The number of hydrogen-bond acceptors (Lipinski definition) is 1. The maximum absolute atomic E-state index is 3.91. The smallest absolute Gasteiger partial charge is 0.0556 e. The van der Waals surface area contributed by atoms with Crippen LogP contribution in [0.2, 0.25) is 0 Å². The topological polar surface area (TPSA) is 15.8 Å². The normalized spacial score (nSPS) is 23.4. The fraction of sp³-hybridized carbons (Fsp3) is 0.154. The summed E-state index contributed by atoms with van der Waals surface area (Å²) in [4.78, 5) is 6.59. The standard InChI is InChI=1S/C26H19NS/c1-2-6-17-21(8-3-1)28-22-9-5-4-7-18(22)25-24(17)19-13-12-15-10-11-16-14-20(16)23(15)26(19)27-25/h2-13,16,20,27H,1,14H2. The number of rotatable bonds is 0. The van der Waals surface area contributed by atoms with Gasteiger partial charge in [0.15, 0.2) is 0 Å². The molecule has 1 fully saturated rings. The van der Waals surface area contributed by atoms with Crippen molar-refractivity contribution in [2.45, 2.75) is 23.7 Å². The van der Waals surface area contributed by atoms with Gasteiger partial charge in [0, 0.05) is 26.3 Å². The van der Waals surface area contributed by atoms with Gasteiger partial charge in [0.2, 0.25) is 0 Å². The van der Waals surface area contributed by atoms with Gasteiger partial charge in [0.05, 0.1) is 11.2 Å². The van der Waals surface area contributed by atoms with Crippen molar-refractivity contribution in [1.29, 1.82) is 0 Å². The fourth-order valence-electron chi connectivity index (χ4n) is 5.10. The molecule has 2 heterocycles. The molecule has 1 saturated carbocycles. The van der Waals surface area contributed by atoms with E-state index in [-0.39, 0.29) is 0 Å². The van der Waals surface area contributed by atoms with Crippen LogP contribution < -0.4 is 0 Å². The molecule has 2 heteroatoms. The van der Waals surface area contributed by atoms with Crippen molar-refractivity contribution in [3.63, 3.8) is 0 Å². The third kappa shape index (κ3) is 1.99. The van der Waals surface area contributed by atoms with E-state index >= 15 is 0 Å². The highest BCUT2D eigenvalue weighted by atomic mass is 32.2. The summed E-state index contributed by atoms with van der Waals surface area (Å²) >= 11 is 1.89. The molecule has 1 nitrogen and oxygen atoms in total. The van der Waals surface area contributed by atoms with Crippen LogP contribution in [0.4, 0.5) is 0 Å². The Hall–Kier alpha value is -2.71. The molecule has 1 N–H and O–H groups in total. The molecule has 4 aliphatic rings. The zero-order chi connectivity index (χ0) is 18.2. The van der Waals surface area contributed by atoms with Crippen molar-refractivity contribution >= 4 is 34.3 Å². The number of H-pyrrole nitrogens is 1. The Bertz CT molecular complexity index is 1300. The highest BCUT2D eigenvalue weighted by Crippen LogP contribution is 2.56. The molecule has 0 saturated heterocycles. The molecule has 28 heavy (non-hydrogen) atoms.